The zero-order valence-corrected chi connectivity index (χ0v) is 10.7. The smallest absolute Gasteiger partial charge is 0.416 e. The van der Waals surface area contributed by atoms with Crippen LogP contribution in [-0.4, -0.2) is 12.1 Å². The summed E-state index contributed by atoms with van der Waals surface area (Å²) in [4.78, 5) is 4.03. The maximum Gasteiger partial charge on any atom is 0.416 e. The second-order valence-corrected chi connectivity index (χ2v) is 4.15. The van der Waals surface area contributed by atoms with Gasteiger partial charge >= 0.3 is 6.18 Å². The van der Waals surface area contributed by atoms with Crippen LogP contribution in [0.5, 0.6) is 5.75 Å². The van der Waals surface area contributed by atoms with Crippen LogP contribution in [0, 0.1) is 0 Å². The van der Waals surface area contributed by atoms with E-state index in [4.69, 9.17) is 10.5 Å². The summed E-state index contributed by atoms with van der Waals surface area (Å²) in [5, 5.41) is 0. The summed E-state index contributed by atoms with van der Waals surface area (Å²) in [6.07, 6.45) is -3.00. The molecule has 106 valence electrons. The van der Waals surface area contributed by atoms with Gasteiger partial charge in [-0.05, 0) is 23.8 Å². The summed E-state index contributed by atoms with van der Waals surface area (Å²) in [7, 11) is 1.42. The second kappa shape index (κ2) is 5.50. The number of pyridine rings is 1. The summed E-state index contributed by atoms with van der Waals surface area (Å²) in [6.45, 7) is 0. The van der Waals surface area contributed by atoms with Crippen molar-refractivity contribution in [1.82, 2.24) is 4.98 Å². The molecule has 2 N–H and O–H groups in total. The van der Waals surface area contributed by atoms with Crippen molar-refractivity contribution in [2.24, 2.45) is 5.73 Å². The van der Waals surface area contributed by atoms with Gasteiger partial charge in [-0.2, -0.15) is 13.2 Å². The van der Waals surface area contributed by atoms with Gasteiger partial charge in [0.15, 0.2) is 0 Å². The third-order valence-corrected chi connectivity index (χ3v) is 2.92. The van der Waals surface area contributed by atoms with Crippen LogP contribution < -0.4 is 10.5 Å². The van der Waals surface area contributed by atoms with Gasteiger partial charge in [0, 0.05) is 6.20 Å². The standard InChI is InChI=1S/C14H13F3N2O/c1-20-11-7-4-8-19-13(11)12(18)9-5-2-3-6-10(9)14(15,16)17/h2-8,12H,18H2,1H3. The molecule has 0 fully saturated rings. The first kappa shape index (κ1) is 14.3. The predicted octanol–water partition coefficient (Wildman–Crippen LogP) is 3.16. The maximum absolute atomic E-state index is 13.0. The Morgan fingerprint density at radius 1 is 1.15 bits per heavy atom. The van der Waals surface area contributed by atoms with E-state index in [-0.39, 0.29) is 11.3 Å². The summed E-state index contributed by atoms with van der Waals surface area (Å²) in [5.74, 6) is 0.358. The van der Waals surface area contributed by atoms with E-state index in [1.54, 1.807) is 12.1 Å². The number of halogens is 3. The summed E-state index contributed by atoms with van der Waals surface area (Å²) < 4.78 is 44.1. The first-order chi connectivity index (χ1) is 9.45. The molecule has 0 spiro atoms. The summed E-state index contributed by atoms with van der Waals surface area (Å²) in [5.41, 5.74) is 5.42. The van der Waals surface area contributed by atoms with Gasteiger partial charge in [0.05, 0.1) is 18.7 Å². The molecule has 1 heterocycles. The molecule has 0 radical (unpaired) electrons. The average molecular weight is 282 g/mol. The second-order valence-electron chi connectivity index (χ2n) is 4.15. The Bertz CT molecular complexity index is 599. The van der Waals surface area contributed by atoms with Crippen molar-refractivity contribution in [3.63, 3.8) is 0 Å². The summed E-state index contributed by atoms with van der Waals surface area (Å²) >= 11 is 0. The number of benzene rings is 1. The van der Waals surface area contributed by atoms with E-state index in [1.165, 1.54) is 31.5 Å². The zero-order valence-electron chi connectivity index (χ0n) is 10.7. The highest BCUT2D eigenvalue weighted by Crippen LogP contribution is 2.36. The first-order valence-electron chi connectivity index (χ1n) is 5.85. The molecule has 0 bridgehead atoms. The molecule has 6 heteroatoms. The minimum atomic E-state index is -4.46. The van der Waals surface area contributed by atoms with E-state index >= 15 is 0 Å². The van der Waals surface area contributed by atoms with Gasteiger partial charge < -0.3 is 10.5 Å². The lowest BCUT2D eigenvalue weighted by atomic mass is 9.97. The predicted molar refractivity (Wildman–Crippen MR) is 68.3 cm³/mol. The number of rotatable bonds is 3. The van der Waals surface area contributed by atoms with E-state index in [0.29, 0.717) is 5.75 Å². The van der Waals surface area contributed by atoms with E-state index in [0.717, 1.165) is 6.07 Å². The molecule has 1 aromatic carbocycles. The highest BCUT2D eigenvalue weighted by molar-refractivity contribution is 5.41. The number of ether oxygens (including phenoxy) is 1. The molecular formula is C14H13F3N2O. The lowest BCUT2D eigenvalue weighted by Gasteiger charge is -2.19. The van der Waals surface area contributed by atoms with Gasteiger partial charge in [0.2, 0.25) is 0 Å². The third-order valence-electron chi connectivity index (χ3n) is 2.92. The Kier molecular flexibility index (Phi) is 3.94. The number of hydrogen-bond donors (Lipinski definition) is 1. The van der Waals surface area contributed by atoms with Gasteiger partial charge in [-0.1, -0.05) is 18.2 Å². The number of methoxy groups -OCH3 is 1. The van der Waals surface area contributed by atoms with Crippen LogP contribution in [0.1, 0.15) is 22.9 Å². The van der Waals surface area contributed by atoms with Gasteiger partial charge in [-0.15, -0.1) is 0 Å². The molecular weight excluding hydrogens is 269 g/mol. The minimum absolute atomic E-state index is 0.0306. The van der Waals surface area contributed by atoms with Crippen molar-refractivity contribution < 1.29 is 17.9 Å². The Morgan fingerprint density at radius 2 is 1.85 bits per heavy atom. The number of alkyl halides is 3. The number of hydrogen-bond acceptors (Lipinski definition) is 3. The molecule has 0 aliphatic carbocycles. The van der Waals surface area contributed by atoms with Crippen LogP contribution in [0.15, 0.2) is 42.6 Å². The van der Waals surface area contributed by atoms with Crippen molar-refractivity contribution in [2.75, 3.05) is 7.11 Å². The minimum Gasteiger partial charge on any atom is -0.495 e. The monoisotopic (exact) mass is 282 g/mol. The molecule has 0 aliphatic heterocycles. The van der Waals surface area contributed by atoms with Gasteiger partial charge in [-0.25, -0.2) is 0 Å². The zero-order chi connectivity index (χ0) is 14.8. The van der Waals surface area contributed by atoms with Crippen LogP contribution in [0.25, 0.3) is 0 Å². The normalized spacial score (nSPS) is 13.1. The Balaban J connectivity index is 2.52. The van der Waals surface area contributed by atoms with E-state index in [9.17, 15) is 13.2 Å². The molecule has 0 saturated carbocycles. The van der Waals surface area contributed by atoms with E-state index in [1.807, 2.05) is 0 Å². The van der Waals surface area contributed by atoms with Crippen molar-refractivity contribution >= 4 is 0 Å². The fourth-order valence-corrected chi connectivity index (χ4v) is 1.98. The third kappa shape index (κ3) is 2.75. The van der Waals surface area contributed by atoms with Crippen molar-refractivity contribution in [3.05, 3.63) is 59.4 Å². The largest absolute Gasteiger partial charge is 0.495 e. The number of nitrogens with zero attached hydrogens (tertiary/aromatic N) is 1. The van der Waals surface area contributed by atoms with Gasteiger partial charge in [-0.3, -0.25) is 4.98 Å². The molecule has 0 amide bonds. The molecule has 20 heavy (non-hydrogen) atoms. The van der Waals surface area contributed by atoms with Crippen LogP contribution >= 0.6 is 0 Å². The molecule has 2 rings (SSSR count). The maximum atomic E-state index is 13.0. The van der Waals surface area contributed by atoms with Crippen molar-refractivity contribution in [1.29, 1.82) is 0 Å². The highest BCUT2D eigenvalue weighted by atomic mass is 19.4. The lowest BCUT2D eigenvalue weighted by molar-refractivity contribution is -0.138. The van der Waals surface area contributed by atoms with Crippen LogP contribution in [0.2, 0.25) is 0 Å². The molecule has 1 aromatic heterocycles. The molecule has 1 atom stereocenters. The van der Waals surface area contributed by atoms with Gasteiger partial charge in [0.25, 0.3) is 0 Å². The molecule has 3 nitrogen and oxygen atoms in total. The molecule has 0 saturated heterocycles. The van der Waals surface area contributed by atoms with Crippen LogP contribution in [-0.2, 0) is 6.18 Å². The Hall–Kier alpha value is -2.08. The van der Waals surface area contributed by atoms with Gasteiger partial charge in [0.1, 0.15) is 11.4 Å². The molecule has 2 aromatic rings. The lowest BCUT2D eigenvalue weighted by Crippen LogP contribution is -2.20. The highest BCUT2D eigenvalue weighted by Gasteiger charge is 2.35. The van der Waals surface area contributed by atoms with E-state index in [2.05, 4.69) is 4.98 Å². The van der Waals surface area contributed by atoms with Crippen molar-refractivity contribution in [2.45, 2.75) is 12.2 Å². The SMILES string of the molecule is COc1cccnc1C(N)c1ccccc1C(F)(F)F. The van der Waals surface area contributed by atoms with Crippen LogP contribution in [0.3, 0.4) is 0 Å². The summed E-state index contributed by atoms with van der Waals surface area (Å²) in [6, 6.07) is 7.42. The van der Waals surface area contributed by atoms with Crippen molar-refractivity contribution in [3.8, 4) is 5.75 Å². The first-order valence-corrected chi connectivity index (χ1v) is 5.85. The fourth-order valence-electron chi connectivity index (χ4n) is 1.98. The number of aromatic nitrogens is 1. The quantitative estimate of drug-likeness (QED) is 0.940. The Labute approximate surface area is 114 Å². The van der Waals surface area contributed by atoms with Crippen LogP contribution in [0.4, 0.5) is 13.2 Å². The number of nitrogens with two attached hydrogens (primary N) is 1. The topological polar surface area (TPSA) is 48.1 Å². The molecule has 1 unspecified atom stereocenters. The fraction of sp³-hybridized carbons (Fsp3) is 0.214. The Morgan fingerprint density at radius 3 is 2.50 bits per heavy atom. The molecule has 0 aliphatic rings. The van der Waals surface area contributed by atoms with E-state index < -0.39 is 17.8 Å². The average Bonchev–Trinajstić information content (AvgIpc) is 2.45.